The van der Waals surface area contributed by atoms with Gasteiger partial charge >= 0.3 is 0 Å². The summed E-state index contributed by atoms with van der Waals surface area (Å²) in [5, 5.41) is 0.710. The number of likely N-dealkylation sites (tertiary alicyclic amines) is 1. The van der Waals surface area contributed by atoms with Gasteiger partial charge in [0.2, 0.25) is 5.91 Å². The lowest BCUT2D eigenvalue weighted by molar-refractivity contribution is -0.133. The Labute approximate surface area is 179 Å². The summed E-state index contributed by atoms with van der Waals surface area (Å²) in [6.07, 6.45) is 8.63. The molecule has 1 amide bonds. The van der Waals surface area contributed by atoms with Crippen molar-refractivity contribution in [1.29, 1.82) is 0 Å². The maximum absolute atomic E-state index is 13.6. The summed E-state index contributed by atoms with van der Waals surface area (Å²) < 4.78 is 0. The first-order valence-corrected chi connectivity index (χ1v) is 11.1. The number of benzene rings is 2. The highest BCUT2D eigenvalue weighted by molar-refractivity contribution is 6.30. The number of carbonyl (C=O) groups excluding carboxylic acids is 1. The summed E-state index contributed by atoms with van der Waals surface area (Å²) in [5.41, 5.74) is 2.37. The van der Waals surface area contributed by atoms with Gasteiger partial charge in [-0.15, -0.1) is 0 Å². The van der Waals surface area contributed by atoms with E-state index >= 15 is 0 Å². The SMILES string of the molecule is O=C1C(c2ccc(Cl)cc2)CCC=CCN1CC(c1ccccc1)N1CCCC1. The second kappa shape index (κ2) is 9.60. The molecule has 29 heavy (non-hydrogen) atoms. The van der Waals surface area contributed by atoms with E-state index in [0.29, 0.717) is 11.6 Å². The Morgan fingerprint density at radius 3 is 2.41 bits per heavy atom. The van der Waals surface area contributed by atoms with E-state index in [2.05, 4.69) is 52.3 Å². The Bertz CT molecular complexity index is 828. The molecule has 2 unspecified atom stereocenters. The van der Waals surface area contributed by atoms with Crippen molar-refractivity contribution in [2.75, 3.05) is 26.2 Å². The van der Waals surface area contributed by atoms with Gasteiger partial charge in [0.15, 0.2) is 0 Å². The van der Waals surface area contributed by atoms with Gasteiger partial charge in [0.25, 0.3) is 0 Å². The van der Waals surface area contributed by atoms with Crippen molar-refractivity contribution in [2.45, 2.75) is 37.6 Å². The minimum Gasteiger partial charge on any atom is -0.337 e. The lowest BCUT2D eigenvalue weighted by Gasteiger charge is -2.35. The lowest BCUT2D eigenvalue weighted by Crippen LogP contribution is -2.42. The van der Waals surface area contributed by atoms with Gasteiger partial charge in [0.1, 0.15) is 0 Å². The Hall–Kier alpha value is -2.10. The number of nitrogens with zero attached hydrogens (tertiary/aromatic N) is 2. The number of allylic oxidation sites excluding steroid dienone is 1. The van der Waals surface area contributed by atoms with Gasteiger partial charge in [-0.2, -0.15) is 0 Å². The predicted molar refractivity (Wildman–Crippen MR) is 119 cm³/mol. The number of rotatable bonds is 5. The van der Waals surface area contributed by atoms with Gasteiger partial charge in [-0.1, -0.05) is 66.2 Å². The zero-order valence-electron chi connectivity index (χ0n) is 16.8. The molecule has 2 aliphatic heterocycles. The van der Waals surface area contributed by atoms with Crippen LogP contribution in [0.3, 0.4) is 0 Å². The monoisotopic (exact) mass is 408 g/mol. The number of hydrogen-bond donors (Lipinski definition) is 0. The largest absolute Gasteiger partial charge is 0.337 e. The Morgan fingerprint density at radius 2 is 1.69 bits per heavy atom. The summed E-state index contributed by atoms with van der Waals surface area (Å²) in [6, 6.07) is 18.7. The molecule has 4 rings (SSSR count). The van der Waals surface area contributed by atoms with Crippen molar-refractivity contribution in [3.8, 4) is 0 Å². The van der Waals surface area contributed by atoms with Gasteiger partial charge in [-0.05, 0) is 62.0 Å². The van der Waals surface area contributed by atoms with Gasteiger partial charge in [-0.3, -0.25) is 9.69 Å². The molecular formula is C25H29ClN2O. The minimum atomic E-state index is -0.104. The van der Waals surface area contributed by atoms with Crippen molar-refractivity contribution in [1.82, 2.24) is 9.80 Å². The smallest absolute Gasteiger partial charge is 0.230 e. The van der Waals surface area contributed by atoms with Crippen LogP contribution in [-0.2, 0) is 4.79 Å². The molecule has 0 N–H and O–H groups in total. The van der Waals surface area contributed by atoms with E-state index in [1.165, 1.54) is 18.4 Å². The van der Waals surface area contributed by atoms with E-state index in [9.17, 15) is 4.79 Å². The average molecular weight is 409 g/mol. The second-order valence-corrected chi connectivity index (χ2v) is 8.50. The number of hydrogen-bond acceptors (Lipinski definition) is 2. The zero-order chi connectivity index (χ0) is 20.1. The molecule has 2 atom stereocenters. The molecule has 152 valence electrons. The normalized spacial score (nSPS) is 21.8. The van der Waals surface area contributed by atoms with Crippen molar-refractivity contribution in [3.05, 3.63) is 82.9 Å². The van der Waals surface area contributed by atoms with E-state index in [4.69, 9.17) is 11.6 Å². The maximum Gasteiger partial charge on any atom is 0.230 e. The van der Waals surface area contributed by atoms with Crippen molar-refractivity contribution in [2.24, 2.45) is 0 Å². The van der Waals surface area contributed by atoms with Gasteiger partial charge in [0.05, 0.1) is 12.0 Å². The number of carbonyl (C=O) groups is 1. The van der Waals surface area contributed by atoms with Crippen LogP contribution in [-0.4, -0.2) is 41.9 Å². The first-order chi connectivity index (χ1) is 14.2. The van der Waals surface area contributed by atoms with E-state index < -0.39 is 0 Å². The third-order valence-corrected chi connectivity index (χ3v) is 6.41. The molecule has 2 heterocycles. The summed E-state index contributed by atoms with van der Waals surface area (Å²) in [5.74, 6) is 0.129. The molecule has 3 nitrogen and oxygen atoms in total. The first kappa shape index (κ1) is 20.2. The fraction of sp³-hybridized carbons (Fsp3) is 0.400. The van der Waals surface area contributed by atoms with Gasteiger partial charge in [0, 0.05) is 18.1 Å². The maximum atomic E-state index is 13.6. The van der Waals surface area contributed by atoms with Gasteiger partial charge < -0.3 is 4.90 Å². The van der Waals surface area contributed by atoms with E-state index in [-0.39, 0.29) is 17.9 Å². The van der Waals surface area contributed by atoms with Crippen LogP contribution in [0.2, 0.25) is 5.02 Å². The van der Waals surface area contributed by atoms with Crippen LogP contribution in [0.1, 0.15) is 48.8 Å². The van der Waals surface area contributed by atoms with Crippen LogP contribution in [0.25, 0.3) is 0 Å². The first-order valence-electron chi connectivity index (χ1n) is 10.7. The molecule has 0 aromatic heterocycles. The highest BCUT2D eigenvalue weighted by atomic mass is 35.5. The molecule has 2 aromatic rings. The third kappa shape index (κ3) is 4.91. The fourth-order valence-electron chi connectivity index (χ4n) is 4.55. The van der Waals surface area contributed by atoms with E-state index in [1.54, 1.807) is 0 Å². The number of halogens is 1. The van der Waals surface area contributed by atoms with Gasteiger partial charge in [-0.25, -0.2) is 0 Å². The summed E-state index contributed by atoms with van der Waals surface area (Å²) >= 11 is 6.07. The molecule has 2 aliphatic rings. The summed E-state index contributed by atoms with van der Waals surface area (Å²) in [6.45, 7) is 3.63. The quantitative estimate of drug-likeness (QED) is 0.615. The van der Waals surface area contributed by atoms with Crippen LogP contribution in [0.5, 0.6) is 0 Å². The summed E-state index contributed by atoms with van der Waals surface area (Å²) in [4.78, 5) is 18.2. The topological polar surface area (TPSA) is 23.6 Å². The molecule has 0 aliphatic carbocycles. The Kier molecular flexibility index (Phi) is 6.68. The molecule has 0 spiro atoms. The molecule has 2 aromatic carbocycles. The average Bonchev–Trinajstić information content (AvgIpc) is 3.27. The molecule has 0 saturated carbocycles. The Balaban J connectivity index is 1.59. The van der Waals surface area contributed by atoms with Crippen molar-refractivity contribution in [3.63, 3.8) is 0 Å². The molecule has 4 heteroatoms. The molecule has 1 fully saturated rings. The van der Waals surface area contributed by atoms with Crippen LogP contribution in [0.15, 0.2) is 66.7 Å². The highest BCUT2D eigenvalue weighted by Crippen LogP contribution is 2.30. The molecular weight excluding hydrogens is 380 g/mol. The van der Waals surface area contributed by atoms with Crippen LogP contribution in [0, 0.1) is 0 Å². The minimum absolute atomic E-state index is 0.104. The molecule has 0 bridgehead atoms. The van der Waals surface area contributed by atoms with Crippen molar-refractivity contribution < 1.29 is 4.79 Å². The fourth-order valence-corrected chi connectivity index (χ4v) is 4.68. The van der Waals surface area contributed by atoms with Crippen LogP contribution < -0.4 is 0 Å². The van der Waals surface area contributed by atoms with Crippen LogP contribution >= 0.6 is 11.6 Å². The van der Waals surface area contributed by atoms with E-state index in [0.717, 1.165) is 38.0 Å². The predicted octanol–water partition coefficient (Wildman–Crippen LogP) is 5.44. The Morgan fingerprint density at radius 1 is 0.966 bits per heavy atom. The lowest BCUT2D eigenvalue weighted by atomic mass is 9.91. The zero-order valence-corrected chi connectivity index (χ0v) is 17.6. The number of amides is 1. The third-order valence-electron chi connectivity index (χ3n) is 6.16. The summed E-state index contributed by atoms with van der Waals surface area (Å²) in [7, 11) is 0. The standard InChI is InChI=1S/C25H29ClN2O/c26-22-14-12-20(13-15-22)23-11-5-2-6-18-28(25(23)29)19-24(27-16-7-8-17-27)21-9-3-1-4-10-21/h1-4,6,9-10,12-15,23-24H,5,7-8,11,16-19H2. The molecule has 1 saturated heterocycles. The van der Waals surface area contributed by atoms with Crippen molar-refractivity contribution >= 4 is 17.5 Å². The van der Waals surface area contributed by atoms with Crippen LogP contribution in [0.4, 0.5) is 0 Å². The second-order valence-electron chi connectivity index (χ2n) is 8.07. The highest BCUT2D eigenvalue weighted by Gasteiger charge is 2.31. The molecule has 0 radical (unpaired) electrons. The van der Waals surface area contributed by atoms with E-state index in [1.807, 2.05) is 24.3 Å².